The van der Waals surface area contributed by atoms with Gasteiger partial charge in [-0.2, -0.15) is 0 Å². The van der Waals surface area contributed by atoms with Gasteiger partial charge in [0.25, 0.3) is 0 Å². The smallest absolute Gasteiger partial charge is 0.550 e. The standard InChI is InChI=1S/C12H22O4.Na/c1-2-3-4-5-6-7-8-10(12(15)16)9-11(13)14;/h10H,2-9H2,1H3,(H,13,14)(H,15,16);/q;+1/p-1. The molecule has 1 unspecified atom stereocenters. The van der Waals surface area contributed by atoms with Crippen LogP contribution in [0.5, 0.6) is 0 Å². The minimum atomic E-state index is -1.24. The Kier molecular flexibility index (Phi) is 14.1. The van der Waals surface area contributed by atoms with Crippen LogP contribution in [0.25, 0.3) is 0 Å². The van der Waals surface area contributed by atoms with E-state index < -0.39 is 17.9 Å². The van der Waals surface area contributed by atoms with E-state index in [0.717, 1.165) is 19.3 Å². The van der Waals surface area contributed by atoms with Crippen molar-refractivity contribution in [2.24, 2.45) is 5.92 Å². The Balaban J connectivity index is 0. The zero-order valence-corrected chi connectivity index (χ0v) is 12.9. The normalized spacial score (nSPS) is 11.6. The number of hydrogen-bond acceptors (Lipinski definition) is 3. The van der Waals surface area contributed by atoms with Crippen molar-refractivity contribution in [2.75, 3.05) is 0 Å². The van der Waals surface area contributed by atoms with Crippen molar-refractivity contribution in [3.63, 3.8) is 0 Å². The van der Waals surface area contributed by atoms with Crippen molar-refractivity contribution < 1.29 is 49.4 Å². The summed E-state index contributed by atoms with van der Waals surface area (Å²) in [6.07, 6.45) is 6.50. The average molecular weight is 252 g/mol. The van der Waals surface area contributed by atoms with Gasteiger partial charge < -0.3 is 15.0 Å². The first-order valence-corrected chi connectivity index (χ1v) is 6.00. The fourth-order valence-corrected chi connectivity index (χ4v) is 1.69. The van der Waals surface area contributed by atoms with Gasteiger partial charge in [0.15, 0.2) is 0 Å². The largest absolute Gasteiger partial charge is 1.00 e. The van der Waals surface area contributed by atoms with Crippen LogP contribution >= 0.6 is 0 Å². The van der Waals surface area contributed by atoms with Crippen molar-refractivity contribution >= 4 is 11.9 Å². The average Bonchev–Trinajstić information content (AvgIpc) is 2.20. The van der Waals surface area contributed by atoms with Gasteiger partial charge in [-0.15, -0.1) is 0 Å². The third-order valence-corrected chi connectivity index (χ3v) is 2.66. The van der Waals surface area contributed by atoms with Crippen LogP contribution in [0.4, 0.5) is 0 Å². The van der Waals surface area contributed by atoms with Crippen molar-refractivity contribution in [2.45, 2.75) is 58.3 Å². The molecular weight excluding hydrogens is 231 g/mol. The van der Waals surface area contributed by atoms with Crippen molar-refractivity contribution in [1.29, 1.82) is 0 Å². The van der Waals surface area contributed by atoms with Crippen LogP contribution in [0.1, 0.15) is 58.3 Å². The molecule has 0 heterocycles. The van der Waals surface area contributed by atoms with Crippen LogP contribution in [0.2, 0.25) is 0 Å². The van der Waals surface area contributed by atoms with Gasteiger partial charge in [-0.3, -0.25) is 4.79 Å². The van der Waals surface area contributed by atoms with Crippen molar-refractivity contribution in [3.8, 4) is 0 Å². The Morgan fingerprint density at radius 3 is 2.12 bits per heavy atom. The minimum absolute atomic E-state index is 0. The first-order valence-electron chi connectivity index (χ1n) is 6.00. The van der Waals surface area contributed by atoms with Gasteiger partial charge in [0.2, 0.25) is 0 Å². The SMILES string of the molecule is CCCCCCCCC(CC(=O)O)C(=O)[O-].[Na+]. The summed E-state index contributed by atoms with van der Waals surface area (Å²) >= 11 is 0. The van der Waals surface area contributed by atoms with Gasteiger partial charge in [-0.1, -0.05) is 45.4 Å². The first-order chi connectivity index (χ1) is 7.57. The molecule has 0 aromatic rings. The predicted octanol–water partition coefficient (Wildman–Crippen LogP) is -1.42. The molecule has 0 rings (SSSR count). The zero-order valence-electron chi connectivity index (χ0n) is 10.9. The molecule has 0 bridgehead atoms. The molecule has 1 N–H and O–H groups in total. The molecule has 0 spiro atoms. The summed E-state index contributed by atoms with van der Waals surface area (Å²) in [6, 6.07) is 0. The fourth-order valence-electron chi connectivity index (χ4n) is 1.69. The second-order valence-corrected chi connectivity index (χ2v) is 4.17. The molecule has 0 aliphatic heterocycles. The zero-order chi connectivity index (χ0) is 12.4. The second-order valence-electron chi connectivity index (χ2n) is 4.17. The number of carbonyl (C=O) groups excluding carboxylic acids is 1. The number of hydrogen-bond donors (Lipinski definition) is 1. The van der Waals surface area contributed by atoms with E-state index in [9.17, 15) is 14.7 Å². The molecule has 0 aromatic heterocycles. The molecule has 0 aliphatic rings. The molecule has 5 heteroatoms. The Morgan fingerprint density at radius 2 is 1.65 bits per heavy atom. The first kappa shape index (κ1) is 19.3. The van der Waals surface area contributed by atoms with Gasteiger partial charge in [0.1, 0.15) is 0 Å². The van der Waals surface area contributed by atoms with Crippen LogP contribution in [0.15, 0.2) is 0 Å². The Morgan fingerprint density at radius 1 is 1.12 bits per heavy atom. The molecular formula is C12H21NaO4. The molecule has 0 radical (unpaired) electrons. The van der Waals surface area contributed by atoms with Crippen molar-refractivity contribution in [3.05, 3.63) is 0 Å². The summed E-state index contributed by atoms with van der Waals surface area (Å²) in [6.45, 7) is 2.14. The third kappa shape index (κ3) is 12.2. The van der Waals surface area contributed by atoms with Gasteiger partial charge >= 0.3 is 35.5 Å². The molecule has 0 aromatic carbocycles. The molecule has 4 nitrogen and oxygen atoms in total. The molecule has 0 saturated heterocycles. The maximum atomic E-state index is 10.6. The molecule has 17 heavy (non-hydrogen) atoms. The minimum Gasteiger partial charge on any atom is -0.550 e. The van der Waals surface area contributed by atoms with Gasteiger partial charge in [-0.05, 0) is 6.42 Å². The molecule has 0 aliphatic carbocycles. The summed E-state index contributed by atoms with van der Waals surface area (Å²) in [4.78, 5) is 21.0. The van der Waals surface area contributed by atoms with Crippen LogP contribution in [-0.2, 0) is 9.59 Å². The predicted molar refractivity (Wildman–Crippen MR) is 58.7 cm³/mol. The maximum Gasteiger partial charge on any atom is 1.00 e. The van der Waals surface area contributed by atoms with E-state index in [0.29, 0.717) is 6.42 Å². The van der Waals surface area contributed by atoms with Crippen LogP contribution in [0, 0.1) is 5.92 Å². The number of aliphatic carboxylic acids is 2. The quantitative estimate of drug-likeness (QED) is 0.382. The topological polar surface area (TPSA) is 77.4 Å². The number of carbonyl (C=O) groups is 2. The molecule has 0 amide bonds. The van der Waals surface area contributed by atoms with E-state index >= 15 is 0 Å². The number of rotatable bonds is 10. The van der Waals surface area contributed by atoms with Crippen LogP contribution < -0.4 is 34.7 Å². The van der Waals surface area contributed by atoms with Crippen LogP contribution in [0.3, 0.4) is 0 Å². The summed E-state index contributed by atoms with van der Waals surface area (Å²) in [5.74, 6) is -3.14. The maximum absolute atomic E-state index is 10.6. The van der Waals surface area contributed by atoms with E-state index in [1.165, 1.54) is 19.3 Å². The Labute approximate surface area is 125 Å². The number of unbranched alkanes of at least 4 members (excludes halogenated alkanes) is 5. The Bertz CT molecular complexity index is 219. The molecule has 1 atom stereocenters. The molecule has 94 valence electrons. The van der Waals surface area contributed by atoms with Gasteiger partial charge in [0.05, 0.1) is 6.42 Å². The van der Waals surface area contributed by atoms with Crippen LogP contribution in [-0.4, -0.2) is 17.0 Å². The van der Waals surface area contributed by atoms with Gasteiger partial charge in [-0.25, -0.2) is 0 Å². The third-order valence-electron chi connectivity index (χ3n) is 2.66. The van der Waals surface area contributed by atoms with E-state index in [1.54, 1.807) is 0 Å². The molecule has 0 saturated carbocycles. The monoisotopic (exact) mass is 252 g/mol. The number of carboxylic acid groups (broad SMARTS) is 2. The van der Waals surface area contributed by atoms with E-state index in [-0.39, 0.29) is 36.0 Å². The summed E-state index contributed by atoms with van der Waals surface area (Å²) < 4.78 is 0. The summed E-state index contributed by atoms with van der Waals surface area (Å²) in [5, 5.41) is 19.1. The molecule has 0 fully saturated rings. The fraction of sp³-hybridized carbons (Fsp3) is 0.833. The van der Waals surface area contributed by atoms with E-state index in [2.05, 4.69) is 6.92 Å². The van der Waals surface area contributed by atoms with E-state index in [1.807, 2.05) is 0 Å². The summed E-state index contributed by atoms with van der Waals surface area (Å²) in [7, 11) is 0. The van der Waals surface area contributed by atoms with Gasteiger partial charge in [0, 0.05) is 11.9 Å². The summed E-state index contributed by atoms with van der Waals surface area (Å²) in [5.41, 5.74) is 0. The van der Waals surface area contributed by atoms with E-state index in [4.69, 9.17) is 5.11 Å². The second kappa shape index (κ2) is 12.4. The Hall–Kier alpha value is -0.0600. The number of carboxylic acids is 2. The van der Waals surface area contributed by atoms with Crippen molar-refractivity contribution in [1.82, 2.24) is 0 Å².